The molecule has 1 aliphatic rings. The van der Waals surface area contributed by atoms with Crippen LogP contribution < -0.4 is 5.32 Å². The maximum Gasteiger partial charge on any atom is 0.252 e. The normalized spacial score (nSPS) is 21.4. The molecule has 2 rings (SSSR count). The molecule has 2 atom stereocenters. The van der Waals surface area contributed by atoms with Gasteiger partial charge < -0.3 is 10.4 Å². The molecule has 114 valence electrons. The fourth-order valence-corrected chi connectivity index (χ4v) is 4.07. The van der Waals surface area contributed by atoms with E-state index in [-0.39, 0.29) is 12.5 Å². The number of thiophene rings is 1. The highest BCUT2D eigenvalue weighted by Crippen LogP contribution is 2.27. The Balaban J connectivity index is 1.90. The lowest BCUT2D eigenvalue weighted by Gasteiger charge is -2.28. The van der Waals surface area contributed by atoms with Gasteiger partial charge in [0.25, 0.3) is 5.91 Å². The van der Waals surface area contributed by atoms with E-state index in [4.69, 9.17) is 5.11 Å². The molecule has 3 nitrogen and oxygen atoms in total. The Morgan fingerprint density at radius 1 is 1.57 bits per heavy atom. The van der Waals surface area contributed by atoms with E-state index in [0.29, 0.717) is 23.3 Å². The molecule has 0 spiro atoms. The third kappa shape index (κ3) is 5.06. The number of aliphatic hydroxyl groups is 1. The Hall–Kier alpha value is -0.960. The predicted octanol–water partition coefficient (Wildman–Crippen LogP) is 2.89. The Bertz CT molecular complexity index is 530. The van der Waals surface area contributed by atoms with Crippen LogP contribution >= 0.6 is 23.1 Å². The van der Waals surface area contributed by atoms with Crippen molar-refractivity contribution in [1.29, 1.82) is 0 Å². The molecule has 0 aromatic carbocycles. The van der Waals surface area contributed by atoms with Gasteiger partial charge in [-0.05, 0) is 31.6 Å². The maximum absolute atomic E-state index is 12.3. The van der Waals surface area contributed by atoms with Crippen molar-refractivity contribution >= 4 is 29.0 Å². The lowest BCUT2D eigenvalue weighted by molar-refractivity contribution is 0.0929. The second-order valence-electron chi connectivity index (χ2n) is 5.17. The van der Waals surface area contributed by atoms with Crippen LogP contribution in [-0.2, 0) is 0 Å². The molecule has 1 heterocycles. The predicted molar refractivity (Wildman–Crippen MR) is 89.9 cm³/mol. The number of amides is 1. The second kappa shape index (κ2) is 8.47. The zero-order valence-corrected chi connectivity index (χ0v) is 13.9. The van der Waals surface area contributed by atoms with E-state index in [2.05, 4.69) is 23.4 Å². The molecule has 0 bridgehead atoms. The molecule has 1 aromatic rings. The van der Waals surface area contributed by atoms with Crippen molar-refractivity contribution in [3.8, 4) is 11.8 Å². The molecule has 2 N–H and O–H groups in total. The molecule has 0 saturated heterocycles. The summed E-state index contributed by atoms with van der Waals surface area (Å²) < 4.78 is 0. The van der Waals surface area contributed by atoms with Gasteiger partial charge in [0.05, 0.1) is 17.0 Å². The summed E-state index contributed by atoms with van der Waals surface area (Å²) in [5, 5.41) is 14.4. The summed E-state index contributed by atoms with van der Waals surface area (Å²) >= 11 is 3.37. The van der Waals surface area contributed by atoms with Crippen LogP contribution in [0.25, 0.3) is 0 Å². The van der Waals surface area contributed by atoms with E-state index < -0.39 is 0 Å². The molecule has 21 heavy (non-hydrogen) atoms. The summed E-state index contributed by atoms with van der Waals surface area (Å²) in [6.45, 7) is 0.0734. The topological polar surface area (TPSA) is 49.3 Å². The fraction of sp³-hybridized carbons (Fsp3) is 0.562. The molecule has 1 aromatic heterocycles. The van der Waals surface area contributed by atoms with Crippen LogP contribution in [0.15, 0.2) is 11.4 Å². The highest BCUT2D eigenvalue weighted by atomic mass is 32.2. The Morgan fingerprint density at radius 2 is 2.43 bits per heavy atom. The molecule has 0 radical (unpaired) electrons. The maximum atomic E-state index is 12.3. The summed E-state index contributed by atoms with van der Waals surface area (Å²) in [7, 11) is 0. The smallest absolute Gasteiger partial charge is 0.252 e. The van der Waals surface area contributed by atoms with Crippen LogP contribution in [-0.4, -0.2) is 35.2 Å². The van der Waals surface area contributed by atoms with E-state index >= 15 is 0 Å². The first-order chi connectivity index (χ1) is 10.2. The van der Waals surface area contributed by atoms with Crippen molar-refractivity contribution in [1.82, 2.24) is 5.32 Å². The first-order valence-electron chi connectivity index (χ1n) is 7.25. The lowest BCUT2D eigenvalue weighted by Crippen LogP contribution is -2.38. The molecule has 1 amide bonds. The van der Waals surface area contributed by atoms with Gasteiger partial charge in [0.15, 0.2) is 0 Å². The number of thioether (sulfide) groups is 1. The van der Waals surface area contributed by atoms with Crippen molar-refractivity contribution in [2.45, 2.75) is 43.4 Å². The first kappa shape index (κ1) is 16.4. The molecule has 1 fully saturated rings. The largest absolute Gasteiger partial charge is 0.395 e. The number of carbonyl (C=O) groups is 1. The lowest BCUT2D eigenvalue weighted by atomic mass is 9.95. The van der Waals surface area contributed by atoms with E-state index in [1.54, 1.807) is 0 Å². The Labute approximate surface area is 134 Å². The standard InChI is InChI=1S/C16H21NO2S2/c1-20-14-7-4-5-13(10-14)17-16(19)12-9-15(21-11-12)6-2-3-8-18/h9,11,13-14,18H,3-5,7-8,10H2,1H3,(H,17,19). The molecule has 0 aliphatic heterocycles. The number of rotatable bonds is 4. The van der Waals surface area contributed by atoms with Gasteiger partial charge in [-0.15, -0.1) is 11.3 Å². The number of aliphatic hydroxyl groups excluding tert-OH is 1. The number of hydrogen-bond donors (Lipinski definition) is 2. The molecular weight excluding hydrogens is 302 g/mol. The summed E-state index contributed by atoms with van der Waals surface area (Å²) in [6.07, 6.45) is 7.22. The number of nitrogens with one attached hydrogen (secondary N) is 1. The molecular formula is C16H21NO2S2. The van der Waals surface area contributed by atoms with Gasteiger partial charge in [0.2, 0.25) is 0 Å². The number of carbonyl (C=O) groups excluding carboxylic acids is 1. The van der Waals surface area contributed by atoms with Crippen molar-refractivity contribution in [3.63, 3.8) is 0 Å². The molecule has 1 aliphatic carbocycles. The van der Waals surface area contributed by atoms with Crippen molar-refractivity contribution in [2.24, 2.45) is 0 Å². The first-order valence-corrected chi connectivity index (χ1v) is 9.41. The van der Waals surface area contributed by atoms with Crippen molar-refractivity contribution < 1.29 is 9.90 Å². The quantitative estimate of drug-likeness (QED) is 0.838. The van der Waals surface area contributed by atoms with Crippen LogP contribution in [0.5, 0.6) is 0 Å². The highest BCUT2D eigenvalue weighted by molar-refractivity contribution is 7.99. The van der Waals surface area contributed by atoms with E-state index in [9.17, 15) is 4.79 Å². The molecule has 5 heteroatoms. The molecule has 1 saturated carbocycles. The SMILES string of the molecule is CSC1CCCC(NC(=O)c2csc(C#CCCO)c2)C1. The average Bonchev–Trinajstić information content (AvgIpc) is 2.97. The minimum absolute atomic E-state index is 0.00760. The van der Waals surface area contributed by atoms with Gasteiger partial charge in [-0.3, -0.25) is 4.79 Å². The number of hydrogen-bond acceptors (Lipinski definition) is 4. The van der Waals surface area contributed by atoms with E-state index in [0.717, 1.165) is 17.7 Å². The van der Waals surface area contributed by atoms with Gasteiger partial charge in [-0.25, -0.2) is 0 Å². The van der Waals surface area contributed by atoms with Gasteiger partial charge in [-0.2, -0.15) is 11.8 Å². The zero-order valence-electron chi connectivity index (χ0n) is 12.2. The summed E-state index contributed by atoms with van der Waals surface area (Å²) in [6, 6.07) is 2.13. The minimum atomic E-state index is 0.00760. The van der Waals surface area contributed by atoms with Gasteiger partial charge in [0.1, 0.15) is 0 Å². The highest BCUT2D eigenvalue weighted by Gasteiger charge is 2.23. The Morgan fingerprint density at radius 3 is 3.19 bits per heavy atom. The van der Waals surface area contributed by atoms with E-state index in [1.165, 1.54) is 24.2 Å². The fourth-order valence-electron chi connectivity index (χ4n) is 2.49. The minimum Gasteiger partial charge on any atom is -0.395 e. The summed E-state index contributed by atoms with van der Waals surface area (Å²) in [5.41, 5.74) is 0.694. The van der Waals surface area contributed by atoms with Gasteiger partial charge in [-0.1, -0.05) is 18.3 Å². The third-order valence-corrected chi connectivity index (χ3v) is 5.55. The third-order valence-electron chi connectivity index (χ3n) is 3.60. The molecule has 2 unspecified atom stereocenters. The summed E-state index contributed by atoms with van der Waals surface area (Å²) in [5.74, 6) is 5.85. The van der Waals surface area contributed by atoms with E-state index in [1.807, 2.05) is 23.2 Å². The van der Waals surface area contributed by atoms with Crippen LogP contribution in [0.3, 0.4) is 0 Å². The van der Waals surface area contributed by atoms with Gasteiger partial charge >= 0.3 is 0 Å². The van der Waals surface area contributed by atoms with Crippen molar-refractivity contribution in [2.75, 3.05) is 12.9 Å². The Kier molecular flexibility index (Phi) is 6.62. The van der Waals surface area contributed by atoms with Crippen LogP contribution in [0.1, 0.15) is 47.3 Å². The average molecular weight is 323 g/mol. The van der Waals surface area contributed by atoms with Crippen LogP contribution in [0.4, 0.5) is 0 Å². The van der Waals surface area contributed by atoms with Crippen LogP contribution in [0.2, 0.25) is 0 Å². The summed E-state index contributed by atoms with van der Waals surface area (Å²) in [4.78, 5) is 13.1. The second-order valence-corrected chi connectivity index (χ2v) is 7.22. The van der Waals surface area contributed by atoms with Crippen molar-refractivity contribution in [3.05, 3.63) is 21.9 Å². The monoisotopic (exact) mass is 323 g/mol. The zero-order chi connectivity index (χ0) is 15.1. The van der Waals surface area contributed by atoms with Crippen LogP contribution in [0, 0.1) is 11.8 Å². The van der Waals surface area contributed by atoms with Gasteiger partial charge in [0, 0.05) is 23.1 Å².